The maximum absolute atomic E-state index is 13.5. The van der Waals surface area contributed by atoms with Crippen LogP contribution in [0, 0.1) is 11.6 Å². The first-order valence-electron chi connectivity index (χ1n) is 21.1. The molecule has 69 heavy (non-hydrogen) atoms. The van der Waals surface area contributed by atoms with Gasteiger partial charge in [-0.3, -0.25) is 0 Å². The number of anilines is 2. The Kier molecular flexibility index (Phi) is 23.3. The zero-order valence-corrected chi connectivity index (χ0v) is 43.2. The first kappa shape index (κ1) is 61.0. The van der Waals surface area contributed by atoms with E-state index in [1.807, 2.05) is 0 Å². The number of aliphatic carboxylic acids is 2. The smallest absolute Gasteiger partial charge is 0.550 e. The van der Waals surface area contributed by atoms with Crippen molar-refractivity contribution in [1.82, 2.24) is 19.9 Å². The number of aromatic nitrogens is 4. The van der Waals surface area contributed by atoms with Crippen LogP contribution in [0.15, 0.2) is 48.5 Å². The number of hydrogen-bond donors (Lipinski definition) is 6. The molecule has 2 heterocycles. The SMILES string of the molecule is CC(C)c1nc(N(C)S(C)(=O)=O)nc(-c2ccc(F)cc2)c1C(O)C[C@@H](O)C[C@@H](O)CC(=O)[O-].CC(C)c1nc(N(C)S(C)(=O)=O)nc(-c2ccc(F)cc2)c1C(O)C[C@@H](O)C[C@@H](O)CC(=O)[O-].[Ca+2]. The molecule has 0 amide bonds. The van der Waals surface area contributed by atoms with Crippen molar-refractivity contribution in [2.24, 2.45) is 0 Å². The molecule has 20 nitrogen and oxygen atoms in total. The number of aliphatic hydroxyl groups is 6. The second-order valence-electron chi connectivity index (χ2n) is 16.9. The van der Waals surface area contributed by atoms with Gasteiger partial charge in [-0.1, -0.05) is 27.7 Å². The normalized spacial score (nSPS) is 14.4. The molecular weight excluding hydrogens is 979 g/mol. The van der Waals surface area contributed by atoms with Gasteiger partial charge in [-0.2, -0.15) is 0 Å². The molecule has 0 fully saturated rings. The summed E-state index contributed by atoms with van der Waals surface area (Å²) in [5.74, 6) is -4.86. The third-order valence-corrected chi connectivity index (χ3v) is 12.7. The Morgan fingerprint density at radius 2 is 0.841 bits per heavy atom. The Hall–Kier alpha value is -4.08. The Balaban J connectivity index is 0.000000467. The molecule has 0 spiro atoms. The van der Waals surface area contributed by atoms with E-state index in [0.29, 0.717) is 22.5 Å². The zero-order valence-electron chi connectivity index (χ0n) is 39.4. The van der Waals surface area contributed by atoms with E-state index in [9.17, 15) is 76.1 Å². The van der Waals surface area contributed by atoms with Gasteiger partial charge in [0.25, 0.3) is 0 Å². The number of carbonyl (C=O) groups excluding carboxylic acids is 2. The summed E-state index contributed by atoms with van der Waals surface area (Å²) >= 11 is 0. The summed E-state index contributed by atoms with van der Waals surface area (Å²) < 4.78 is 77.2. The Morgan fingerprint density at radius 3 is 1.09 bits per heavy atom. The van der Waals surface area contributed by atoms with Crippen LogP contribution in [0.4, 0.5) is 20.7 Å². The average molecular weight is 1040 g/mol. The fourth-order valence-electron chi connectivity index (χ4n) is 6.84. The maximum Gasteiger partial charge on any atom is 2.00 e. The molecule has 25 heteroatoms. The fraction of sp³-hybridized carbons (Fsp3) is 0.500. The van der Waals surface area contributed by atoms with Crippen molar-refractivity contribution < 1.29 is 76.1 Å². The van der Waals surface area contributed by atoms with Crippen molar-refractivity contribution in [3.63, 3.8) is 0 Å². The third-order valence-electron chi connectivity index (χ3n) is 10.4. The molecule has 376 valence electrons. The van der Waals surface area contributed by atoms with Crippen LogP contribution < -0.4 is 18.8 Å². The average Bonchev–Trinajstić information content (AvgIpc) is 3.21. The van der Waals surface area contributed by atoms with Gasteiger partial charge in [0.2, 0.25) is 31.9 Å². The number of sulfonamides is 2. The first-order valence-corrected chi connectivity index (χ1v) is 24.8. The van der Waals surface area contributed by atoms with Gasteiger partial charge >= 0.3 is 37.7 Å². The van der Waals surface area contributed by atoms with Gasteiger partial charge in [-0.25, -0.2) is 54.2 Å². The van der Waals surface area contributed by atoms with Crippen LogP contribution in [-0.4, -0.2) is 168 Å². The number of benzene rings is 2. The standard InChI is InChI=1S/2C22H30FN3O7S.Ca/c2*1-12(2)20-19(17(29)10-15(27)9-16(28)11-18(30)31)21(13-5-7-14(23)8-6-13)25-22(24-20)26(3)34(4,32)33;/h2*5-8,12,15-17,27-29H,9-11H2,1-4H3,(H,30,31);/q;;+2/p-2/t2*15-,16+,17?;/m00./s1. The fourth-order valence-corrected chi connectivity index (χ4v) is 7.60. The van der Waals surface area contributed by atoms with E-state index in [0.717, 1.165) is 21.1 Å². The van der Waals surface area contributed by atoms with Gasteiger partial charge in [0, 0.05) is 74.0 Å². The Labute approximate surface area is 429 Å². The molecule has 0 saturated heterocycles. The maximum atomic E-state index is 13.5. The molecule has 6 N–H and O–H groups in total. The van der Waals surface area contributed by atoms with E-state index < -0.39 is 93.1 Å². The summed E-state index contributed by atoms with van der Waals surface area (Å²) in [6, 6.07) is 10.4. The molecule has 2 unspecified atom stereocenters. The molecule has 0 radical (unpaired) electrons. The molecule has 4 aromatic rings. The van der Waals surface area contributed by atoms with E-state index in [-0.39, 0.29) is 110 Å². The molecule has 0 bridgehead atoms. The number of carboxylic acid groups (broad SMARTS) is 2. The zero-order chi connectivity index (χ0) is 51.6. The number of rotatable bonds is 22. The molecule has 2 aromatic heterocycles. The van der Waals surface area contributed by atoms with Crippen molar-refractivity contribution >= 4 is 81.6 Å². The van der Waals surface area contributed by atoms with E-state index in [1.165, 1.54) is 62.6 Å². The van der Waals surface area contributed by atoms with Crippen LogP contribution in [0.2, 0.25) is 0 Å². The van der Waals surface area contributed by atoms with Crippen LogP contribution in [-0.2, 0) is 29.6 Å². The molecule has 0 aliphatic heterocycles. The van der Waals surface area contributed by atoms with E-state index in [2.05, 4.69) is 19.9 Å². The number of hydrogen-bond acceptors (Lipinski definition) is 18. The van der Waals surface area contributed by atoms with Crippen LogP contribution in [0.1, 0.15) is 113 Å². The van der Waals surface area contributed by atoms with Gasteiger partial charge in [0.05, 0.1) is 71.9 Å². The van der Waals surface area contributed by atoms with Crippen LogP contribution in [0.5, 0.6) is 0 Å². The van der Waals surface area contributed by atoms with E-state index in [4.69, 9.17) is 0 Å². The van der Waals surface area contributed by atoms with Gasteiger partial charge in [-0.15, -0.1) is 0 Å². The number of nitrogens with zero attached hydrogens (tertiary/aromatic N) is 6. The quantitative estimate of drug-likeness (QED) is 0.0586. The van der Waals surface area contributed by atoms with E-state index in [1.54, 1.807) is 27.7 Å². The minimum absolute atomic E-state index is 0. The minimum Gasteiger partial charge on any atom is -0.550 e. The minimum atomic E-state index is -3.71. The summed E-state index contributed by atoms with van der Waals surface area (Å²) in [4.78, 5) is 38.7. The van der Waals surface area contributed by atoms with Crippen LogP contribution in [0.3, 0.4) is 0 Å². The molecule has 0 aliphatic rings. The van der Waals surface area contributed by atoms with Gasteiger partial charge in [-0.05, 0) is 73.2 Å². The van der Waals surface area contributed by atoms with Crippen LogP contribution >= 0.6 is 0 Å². The van der Waals surface area contributed by atoms with Crippen molar-refractivity contribution in [2.45, 2.75) is 115 Å². The molecule has 2 aromatic carbocycles. The monoisotopic (exact) mass is 1040 g/mol. The molecular formula is C44H58CaF2N6O14S2. The van der Waals surface area contributed by atoms with Crippen molar-refractivity contribution in [3.8, 4) is 22.5 Å². The van der Waals surface area contributed by atoms with Crippen molar-refractivity contribution in [2.75, 3.05) is 35.2 Å². The Bertz CT molecular complexity index is 2400. The first-order chi connectivity index (χ1) is 31.4. The van der Waals surface area contributed by atoms with Crippen molar-refractivity contribution in [1.29, 1.82) is 0 Å². The van der Waals surface area contributed by atoms with Crippen LogP contribution in [0.25, 0.3) is 22.5 Å². The largest absolute Gasteiger partial charge is 2.00 e. The van der Waals surface area contributed by atoms with Gasteiger partial charge < -0.3 is 50.4 Å². The number of carboxylic acids is 2. The third kappa shape index (κ3) is 18.2. The molecule has 0 saturated carbocycles. The summed E-state index contributed by atoms with van der Waals surface area (Å²) in [7, 11) is -4.87. The van der Waals surface area contributed by atoms with Gasteiger partial charge in [0.15, 0.2) is 0 Å². The number of halogens is 2. The van der Waals surface area contributed by atoms with E-state index >= 15 is 0 Å². The molecule has 4 rings (SSSR count). The summed E-state index contributed by atoms with van der Waals surface area (Å²) in [6.45, 7) is 7.10. The second kappa shape index (κ2) is 26.4. The topological polar surface area (TPSA) is 328 Å². The predicted octanol–water partition coefficient (Wildman–Crippen LogP) is 0.574. The Morgan fingerprint density at radius 1 is 0.551 bits per heavy atom. The number of carbonyl (C=O) groups is 2. The predicted molar refractivity (Wildman–Crippen MR) is 247 cm³/mol. The summed E-state index contributed by atoms with van der Waals surface area (Å²) in [5, 5.41) is 83.6. The van der Waals surface area contributed by atoms with Crippen molar-refractivity contribution in [3.05, 3.63) is 82.7 Å². The summed E-state index contributed by atoms with van der Waals surface area (Å²) in [6.07, 6.45) is -8.57. The summed E-state index contributed by atoms with van der Waals surface area (Å²) in [5.41, 5.74) is 2.12. The molecule has 6 atom stereocenters. The van der Waals surface area contributed by atoms with Gasteiger partial charge in [0.1, 0.15) is 11.6 Å². The number of aliphatic hydroxyl groups excluding tert-OH is 6. The molecule has 0 aliphatic carbocycles. The second-order valence-corrected chi connectivity index (χ2v) is 20.9.